The van der Waals surface area contributed by atoms with Gasteiger partial charge in [-0.05, 0) is 11.8 Å². The van der Waals surface area contributed by atoms with Crippen LogP contribution in [0.1, 0.15) is 27.2 Å². The summed E-state index contributed by atoms with van der Waals surface area (Å²) in [5.74, 6) is -0.425. The summed E-state index contributed by atoms with van der Waals surface area (Å²) in [6.07, 6.45) is 0.745. The molecule has 1 atom stereocenters. The minimum Gasteiger partial charge on any atom is -0.463 e. The Hall–Kier alpha value is -0.610. The van der Waals surface area contributed by atoms with E-state index in [1.165, 1.54) is 0 Å². The second-order valence-corrected chi connectivity index (χ2v) is 4.86. The molecule has 0 amide bonds. The predicted molar refractivity (Wildman–Crippen MR) is 59.5 cm³/mol. The molecule has 0 aromatic rings. The van der Waals surface area contributed by atoms with Gasteiger partial charge in [0.1, 0.15) is 6.61 Å². The monoisotopic (exact) mass is 217 g/mol. The molecule has 0 rings (SSSR count). The molecule has 0 fully saturated rings. The highest BCUT2D eigenvalue weighted by Crippen LogP contribution is 2.24. The number of carbonyl (C=O) groups is 1. The van der Waals surface area contributed by atoms with Crippen LogP contribution in [-0.2, 0) is 14.3 Å². The van der Waals surface area contributed by atoms with E-state index in [-0.39, 0.29) is 17.3 Å². The molecule has 90 valence electrons. The van der Waals surface area contributed by atoms with Crippen LogP contribution < -0.4 is 5.73 Å². The van der Waals surface area contributed by atoms with Crippen LogP contribution in [0, 0.1) is 11.3 Å². The van der Waals surface area contributed by atoms with Crippen molar-refractivity contribution in [3.05, 3.63) is 0 Å². The van der Waals surface area contributed by atoms with E-state index in [1.54, 1.807) is 7.11 Å². The maximum absolute atomic E-state index is 11.6. The first-order chi connectivity index (χ1) is 6.90. The molecule has 0 saturated heterocycles. The van der Waals surface area contributed by atoms with Gasteiger partial charge in [-0.1, -0.05) is 20.8 Å². The van der Waals surface area contributed by atoms with Crippen LogP contribution in [0.25, 0.3) is 0 Å². The molecule has 0 aliphatic carbocycles. The van der Waals surface area contributed by atoms with E-state index >= 15 is 0 Å². The molecular weight excluding hydrogens is 194 g/mol. The van der Waals surface area contributed by atoms with Crippen LogP contribution in [0.3, 0.4) is 0 Å². The highest BCUT2D eigenvalue weighted by Gasteiger charge is 2.24. The molecule has 0 spiro atoms. The average Bonchev–Trinajstić information content (AvgIpc) is 2.13. The van der Waals surface area contributed by atoms with E-state index < -0.39 is 0 Å². The van der Waals surface area contributed by atoms with E-state index in [2.05, 4.69) is 20.8 Å². The number of rotatable bonds is 6. The fraction of sp³-hybridized carbons (Fsp3) is 0.909. The van der Waals surface area contributed by atoms with E-state index in [0.717, 1.165) is 6.42 Å². The summed E-state index contributed by atoms with van der Waals surface area (Å²) >= 11 is 0. The Morgan fingerprint density at radius 2 is 1.93 bits per heavy atom. The number of methoxy groups -OCH3 is 1. The Balaban J connectivity index is 4.00. The van der Waals surface area contributed by atoms with E-state index in [1.807, 2.05) is 0 Å². The molecule has 0 bridgehead atoms. The van der Waals surface area contributed by atoms with Gasteiger partial charge in [0.05, 0.1) is 12.5 Å². The standard InChI is InChI=1S/C11H23NO3/c1-11(2,3)7-9(8-12)10(13)15-6-5-14-4/h9H,5-8,12H2,1-4H3. The van der Waals surface area contributed by atoms with Crippen LogP contribution in [0.15, 0.2) is 0 Å². The van der Waals surface area contributed by atoms with Gasteiger partial charge in [-0.2, -0.15) is 0 Å². The molecule has 4 heteroatoms. The molecule has 0 aromatic carbocycles. The maximum atomic E-state index is 11.6. The van der Waals surface area contributed by atoms with Gasteiger partial charge in [0, 0.05) is 13.7 Å². The van der Waals surface area contributed by atoms with Crippen molar-refractivity contribution in [2.24, 2.45) is 17.1 Å². The van der Waals surface area contributed by atoms with Gasteiger partial charge in [-0.15, -0.1) is 0 Å². The van der Waals surface area contributed by atoms with Gasteiger partial charge in [0.25, 0.3) is 0 Å². The van der Waals surface area contributed by atoms with Crippen molar-refractivity contribution >= 4 is 5.97 Å². The molecule has 1 unspecified atom stereocenters. The minimum atomic E-state index is -0.218. The zero-order chi connectivity index (χ0) is 11.9. The third-order valence-corrected chi connectivity index (χ3v) is 2.01. The lowest BCUT2D eigenvalue weighted by Gasteiger charge is -2.23. The predicted octanol–water partition coefficient (Wildman–Crippen LogP) is 1.19. The van der Waals surface area contributed by atoms with Crippen LogP contribution in [0.5, 0.6) is 0 Å². The Bertz CT molecular complexity index is 187. The topological polar surface area (TPSA) is 61.5 Å². The van der Waals surface area contributed by atoms with Gasteiger partial charge in [0.15, 0.2) is 0 Å². The van der Waals surface area contributed by atoms with Crippen molar-refractivity contribution in [2.75, 3.05) is 26.9 Å². The molecular formula is C11H23NO3. The number of carbonyl (C=O) groups excluding carboxylic acids is 1. The average molecular weight is 217 g/mol. The molecule has 0 radical (unpaired) electrons. The first-order valence-electron chi connectivity index (χ1n) is 5.26. The first-order valence-corrected chi connectivity index (χ1v) is 5.26. The second-order valence-electron chi connectivity index (χ2n) is 4.86. The van der Waals surface area contributed by atoms with Gasteiger partial charge < -0.3 is 15.2 Å². The summed E-state index contributed by atoms with van der Waals surface area (Å²) in [5.41, 5.74) is 5.64. The molecule has 0 aliphatic rings. The summed E-state index contributed by atoms with van der Waals surface area (Å²) in [5, 5.41) is 0. The summed E-state index contributed by atoms with van der Waals surface area (Å²) < 4.78 is 9.84. The lowest BCUT2D eigenvalue weighted by atomic mass is 9.85. The quantitative estimate of drug-likeness (QED) is 0.536. The smallest absolute Gasteiger partial charge is 0.310 e. The summed E-state index contributed by atoms with van der Waals surface area (Å²) in [6.45, 7) is 7.31. The van der Waals surface area contributed by atoms with Crippen molar-refractivity contribution in [3.8, 4) is 0 Å². The summed E-state index contributed by atoms with van der Waals surface area (Å²) in [4.78, 5) is 11.6. The maximum Gasteiger partial charge on any atom is 0.310 e. The van der Waals surface area contributed by atoms with Gasteiger partial charge in [-0.3, -0.25) is 4.79 Å². The van der Waals surface area contributed by atoms with Crippen molar-refractivity contribution in [2.45, 2.75) is 27.2 Å². The Morgan fingerprint density at radius 1 is 1.33 bits per heavy atom. The van der Waals surface area contributed by atoms with Crippen molar-refractivity contribution in [3.63, 3.8) is 0 Å². The third kappa shape index (κ3) is 7.33. The van der Waals surface area contributed by atoms with Gasteiger partial charge >= 0.3 is 5.97 Å². The van der Waals surface area contributed by atoms with Gasteiger partial charge in [-0.25, -0.2) is 0 Å². The fourth-order valence-corrected chi connectivity index (χ4v) is 1.35. The number of ether oxygens (including phenoxy) is 2. The minimum absolute atomic E-state index is 0.0876. The second kappa shape index (κ2) is 6.80. The van der Waals surface area contributed by atoms with E-state index in [9.17, 15) is 4.79 Å². The Labute approximate surface area is 92.1 Å². The highest BCUT2D eigenvalue weighted by molar-refractivity contribution is 5.72. The molecule has 0 saturated carbocycles. The molecule has 4 nitrogen and oxygen atoms in total. The highest BCUT2D eigenvalue weighted by atomic mass is 16.6. The number of esters is 1. The van der Waals surface area contributed by atoms with E-state index in [0.29, 0.717) is 19.8 Å². The Morgan fingerprint density at radius 3 is 2.33 bits per heavy atom. The molecule has 0 heterocycles. The SMILES string of the molecule is COCCOC(=O)C(CN)CC(C)(C)C. The fourth-order valence-electron chi connectivity index (χ4n) is 1.35. The normalized spacial score (nSPS) is 13.7. The number of hydrogen-bond acceptors (Lipinski definition) is 4. The number of hydrogen-bond donors (Lipinski definition) is 1. The van der Waals surface area contributed by atoms with Crippen molar-refractivity contribution in [1.29, 1.82) is 0 Å². The lowest BCUT2D eigenvalue weighted by Crippen LogP contribution is -2.30. The van der Waals surface area contributed by atoms with Crippen molar-refractivity contribution < 1.29 is 14.3 Å². The molecule has 15 heavy (non-hydrogen) atoms. The molecule has 0 aliphatic heterocycles. The number of nitrogens with two attached hydrogens (primary N) is 1. The van der Waals surface area contributed by atoms with Crippen LogP contribution >= 0.6 is 0 Å². The largest absolute Gasteiger partial charge is 0.463 e. The van der Waals surface area contributed by atoms with Crippen LogP contribution in [0.4, 0.5) is 0 Å². The first kappa shape index (κ1) is 14.4. The third-order valence-electron chi connectivity index (χ3n) is 2.01. The molecule has 0 aromatic heterocycles. The van der Waals surface area contributed by atoms with Crippen LogP contribution in [0.2, 0.25) is 0 Å². The molecule has 2 N–H and O–H groups in total. The summed E-state index contributed by atoms with van der Waals surface area (Å²) in [6, 6.07) is 0. The van der Waals surface area contributed by atoms with Crippen molar-refractivity contribution in [1.82, 2.24) is 0 Å². The van der Waals surface area contributed by atoms with E-state index in [4.69, 9.17) is 15.2 Å². The Kier molecular flexibility index (Phi) is 6.52. The lowest BCUT2D eigenvalue weighted by molar-refractivity contribution is -0.150. The summed E-state index contributed by atoms with van der Waals surface area (Å²) in [7, 11) is 1.57. The van der Waals surface area contributed by atoms with Gasteiger partial charge in [0.2, 0.25) is 0 Å². The zero-order valence-corrected chi connectivity index (χ0v) is 10.2. The zero-order valence-electron chi connectivity index (χ0n) is 10.2. The van der Waals surface area contributed by atoms with Crippen LogP contribution in [-0.4, -0.2) is 32.8 Å².